The van der Waals surface area contributed by atoms with E-state index in [1.165, 1.54) is 23.1 Å². The molecule has 0 aliphatic carbocycles. The molecule has 1 aromatic heterocycles. The number of aromatic nitrogens is 2. The number of benzene rings is 1. The largest absolute Gasteiger partial charge is 0.493 e. The standard InChI is InChI=1S/C13H14BrN3O3S2/c1-2-19-12(18)15-11-16-17-13(22-11)21-7-6-20-10-5-3-4-9(14)8-10/h3-5,8H,2,6-7H2,1H3,(H,15,16,18). The second-order valence-corrected chi connectivity index (χ2v) is 7.11. The molecule has 2 rings (SSSR count). The number of thioether (sulfide) groups is 1. The van der Waals surface area contributed by atoms with Gasteiger partial charge in [-0.2, -0.15) is 0 Å². The summed E-state index contributed by atoms with van der Waals surface area (Å²) in [6.07, 6.45) is -0.520. The minimum absolute atomic E-state index is 0.319. The first-order valence-electron chi connectivity index (χ1n) is 6.46. The second kappa shape index (κ2) is 8.96. The van der Waals surface area contributed by atoms with Crippen molar-refractivity contribution in [2.24, 2.45) is 0 Å². The van der Waals surface area contributed by atoms with E-state index >= 15 is 0 Å². The molecule has 22 heavy (non-hydrogen) atoms. The van der Waals surface area contributed by atoms with Crippen molar-refractivity contribution in [3.8, 4) is 5.75 Å². The zero-order valence-corrected chi connectivity index (χ0v) is 15.0. The SMILES string of the molecule is CCOC(=O)Nc1nnc(SCCOc2cccc(Br)c2)s1. The molecule has 0 saturated carbocycles. The number of hydrogen-bond donors (Lipinski definition) is 1. The highest BCUT2D eigenvalue weighted by Gasteiger charge is 2.08. The molecule has 0 aliphatic rings. The lowest BCUT2D eigenvalue weighted by atomic mass is 10.3. The molecule has 2 aromatic rings. The van der Waals surface area contributed by atoms with Crippen LogP contribution in [0.4, 0.5) is 9.93 Å². The predicted molar refractivity (Wildman–Crippen MR) is 90.9 cm³/mol. The Kier molecular flexibility index (Phi) is 6.94. The predicted octanol–water partition coefficient (Wildman–Crippen LogP) is 4.04. The summed E-state index contributed by atoms with van der Waals surface area (Å²) in [5.41, 5.74) is 0. The van der Waals surface area contributed by atoms with Crippen molar-refractivity contribution in [1.82, 2.24) is 10.2 Å². The lowest BCUT2D eigenvalue weighted by Gasteiger charge is -2.04. The van der Waals surface area contributed by atoms with Gasteiger partial charge in [-0.15, -0.1) is 10.2 Å². The zero-order chi connectivity index (χ0) is 15.8. The molecule has 0 atom stereocenters. The van der Waals surface area contributed by atoms with Gasteiger partial charge in [0.1, 0.15) is 5.75 Å². The molecule has 1 aromatic carbocycles. The van der Waals surface area contributed by atoms with Crippen molar-refractivity contribution in [2.45, 2.75) is 11.3 Å². The Labute approximate surface area is 144 Å². The smallest absolute Gasteiger partial charge is 0.413 e. The molecule has 0 fully saturated rings. The minimum atomic E-state index is -0.520. The average molecular weight is 404 g/mol. The van der Waals surface area contributed by atoms with Gasteiger partial charge in [0.2, 0.25) is 5.13 Å². The van der Waals surface area contributed by atoms with Crippen LogP contribution in [0.2, 0.25) is 0 Å². The third kappa shape index (κ3) is 5.82. The van der Waals surface area contributed by atoms with Gasteiger partial charge in [-0.3, -0.25) is 5.32 Å². The number of hydrogen-bond acceptors (Lipinski definition) is 7. The van der Waals surface area contributed by atoms with Crippen LogP contribution in [0.1, 0.15) is 6.92 Å². The van der Waals surface area contributed by atoms with E-state index < -0.39 is 6.09 Å². The van der Waals surface area contributed by atoms with E-state index in [1.54, 1.807) is 6.92 Å². The third-order valence-corrected chi connectivity index (χ3v) is 4.69. The summed E-state index contributed by atoms with van der Waals surface area (Å²) in [6, 6.07) is 7.68. The number of nitrogens with zero attached hydrogens (tertiary/aromatic N) is 2. The van der Waals surface area contributed by atoms with E-state index in [4.69, 9.17) is 9.47 Å². The summed E-state index contributed by atoms with van der Waals surface area (Å²) in [5, 5.41) is 10.8. The van der Waals surface area contributed by atoms with E-state index in [2.05, 4.69) is 31.4 Å². The molecule has 0 aliphatic heterocycles. The molecule has 1 amide bonds. The molecule has 0 unspecified atom stereocenters. The van der Waals surface area contributed by atoms with Crippen LogP contribution in [0.5, 0.6) is 5.75 Å². The quantitative estimate of drug-likeness (QED) is 0.427. The van der Waals surface area contributed by atoms with Gasteiger partial charge in [-0.25, -0.2) is 4.79 Å². The van der Waals surface area contributed by atoms with Crippen molar-refractivity contribution in [3.63, 3.8) is 0 Å². The van der Waals surface area contributed by atoms with Gasteiger partial charge in [0.25, 0.3) is 0 Å². The Morgan fingerprint density at radius 3 is 3.09 bits per heavy atom. The van der Waals surface area contributed by atoms with Crippen molar-refractivity contribution < 1.29 is 14.3 Å². The van der Waals surface area contributed by atoms with Crippen LogP contribution in [0.15, 0.2) is 33.1 Å². The summed E-state index contributed by atoms with van der Waals surface area (Å²) in [6.45, 7) is 2.62. The number of amides is 1. The number of rotatable bonds is 7. The van der Waals surface area contributed by atoms with E-state index in [0.717, 1.165) is 20.3 Å². The summed E-state index contributed by atoms with van der Waals surface area (Å²) in [5.74, 6) is 1.55. The number of anilines is 1. The van der Waals surface area contributed by atoms with Crippen LogP contribution in [-0.4, -0.2) is 35.3 Å². The summed E-state index contributed by atoms with van der Waals surface area (Å²) in [4.78, 5) is 11.2. The summed E-state index contributed by atoms with van der Waals surface area (Å²) in [7, 11) is 0. The molecule has 0 bridgehead atoms. The molecule has 0 spiro atoms. The molecular weight excluding hydrogens is 390 g/mol. The van der Waals surface area contributed by atoms with Crippen LogP contribution in [0.3, 0.4) is 0 Å². The van der Waals surface area contributed by atoms with Gasteiger partial charge in [0.15, 0.2) is 4.34 Å². The monoisotopic (exact) mass is 403 g/mol. The average Bonchev–Trinajstić information content (AvgIpc) is 2.91. The van der Waals surface area contributed by atoms with Crippen LogP contribution < -0.4 is 10.1 Å². The second-order valence-electron chi connectivity index (χ2n) is 3.87. The third-order valence-electron chi connectivity index (χ3n) is 2.26. The fourth-order valence-corrected chi connectivity index (χ4v) is 3.42. The van der Waals surface area contributed by atoms with E-state index in [9.17, 15) is 4.79 Å². The van der Waals surface area contributed by atoms with Gasteiger partial charge >= 0.3 is 6.09 Å². The van der Waals surface area contributed by atoms with E-state index in [0.29, 0.717) is 18.3 Å². The fourth-order valence-electron chi connectivity index (χ4n) is 1.42. The van der Waals surface area contributed by atoms with Crippen LogP contribution in [-0.2, 0) is 4.74 Å². The fraction of sp³-hybridized carbons (Fsp3) is 0.308. The highest BCUT2D eigenvalue weighted by Crippen LogP contribution is 2.25. The van der Waals surface area contributed by atoms with E-state index in [-0.39, 0.29) is 0 Å². The summed E-state index contributed by atoms with van der Waals surface area (Å²) >= 11 is 6.22. The first kappa shape index (κ1) is 17.0. The summed E-state index contributed by atoms with van der Waals surface area (Å²) < 4.78 is 12.1. The van der Waals surface area contributed by atoms with Gasteiger partial charge < -0.3 is 9.47 Å². The lowest BCUT2D eigenvalue weighted by Crippen LogP contribution is -2.12. The topological polar surface area (TPSA) is 73.3 Å². The van der Waals surface area contributed by atoms with Crippen molar-refractivity contribution >= 4 is 50.3 Å². The molecular formula is C13H14BrN3O3S2. The maximum absolute atomic E-state index is 11.2. The van der Waals surface area contributed by atoms with Gasteiger partial charge in [-0.1, -0.05) is 45.1 Å². The number of nitrogens with one attached hydrogen (secondary N) is 1. The Hall–Kier alpha value is -1.32. The molecule has 9 heteroatoms. The van der Waals surface area contributed by atoms with Crippen LogP contribution in [0.25, 0.3) is 0 Å². The minimum Gasteiger partial charge on any atom is -0.493 e. The Morgan fingerprint density at radius 2 is 2.32 bits per heavy atom. The van der Waals surface area contributed by atoms with Gasteiger partial charge in [-0.05, 0) is 25.1 Å². The van der Waals surface area contributed by atoms with Crippen LogP contribution >= 0.6 is 39.0 Å². The van der Waals surface area contributed by atoms with Crippen molar-refractivity contribution in [2.75, 3.05) is 24.3 Å². The lowest BCUT2D eigenvalue weighted by molar-refractivity contribution is 0.168. The Morgan fingerprint density at radius 1 is 1.45 bits per heavy atom. The molecule has 0 saturated heterocycles. The number of carbonyl (C=O) groups is 1. The molecule has 0 radical (unpaired) electrons. The maximum Gasteiger partial charge on any atom is 0.413 e. The normalized spacial score (nSPS) is 10.3. The highest BCUT2D eigenvalue weighted by atomic mass is 79.9. The van der Waals surface area contributed by atoms with Crippen LogP contribution in [0, 0.1) is 0 Å². The Balaban J connectivity index is 1.71. The molecule has 1 N–H and O–H groups in total. The number of carbonyl (C=O) groups excluding carboxylic acids is 1. The van der Waals surface area contributed by atoms with Crippen molar-refractivity contribution in [1.29, 1.82) is 0 Å². The van der Waals surface area contributed by atoms with Crippen molar-refractivity contribution in [3.05, 3.63) is 28.7 Å². The first-order valence-corrected chi connectivity index (χ1v) is 9.05. The molecule has 6 nitrogen and oxygen atoms in total. The Bertz CT molecular complexity index is 624. The highest BCUT2D eigenvalue weighted by molar-refractivity contribution is 9.10. The maximum atomic E-state index is 11.2. The van der Waals surface area contributed by atoms with Gasteiger partial charge in [0.05, 0.1) is 13.2 Å². The first-order chi connectivity index (χ1) is 10.7. The van der Waals surface area contributed by atoms with Gasteiger partial charge in [0, 0.05) is 10.2 Å². The zero-order valence-electron chi connectivity index (χ0n) is 11.7. The number of ether oxygens (including phenoxy) is 2. The van der Waals surface area contributed by atoms with E-state index in [1.807, 2.05) is 24.3 Å². The number of halogens is 1. The molecule has 1 heterocycles. The molecule has 118 valence electrons.